The number of para-hydroxylation sites is 1. The van der Waals surface area contributed by atoms with E-state index in [-0.39, 0.29) is 5.91 Å². The van der Waals surface area contributed by atoms with Crippen LogP contribution >= 0.6 is 0 Å². The summed E-state index contributed by atoms with van der Waals surface area (Å²) in [6.07, 6.45) is 1.36. The van der Waals surface area contributed by atoms with Crippen LogP contribution in [0.1, 0.15) is 19.8 Å². The average Bonchev–Trinajstić information content (AvgIpc) is 2.43. The van der Waals surface area contributed by atoms with Crippen molar-refractivity contribution >= 4 is 23.0 Å². The maximum atomic E-state index is 12.3. The van der Waals surface area contributed by atoms with Crippen LogP contribution in [0.5, 0.6) is 0 Å². The van der Waals surface area contributed by atoms with Crippen molar-refractivity contribution in [3.63, 3.8) is 0 Å². The summed E-state index contributed by atoms with van der Waals surface area (Å²) in [6.45, 7) is 2.00. The first kappa shape index (κ1) is 13.1. The summed E-state index contributed by atoms with van der Waals surface area (Å²) in [5, 5.41) is 0. The highest BCUT2D eigenvalue weighted by atomic mass is 16.2. The number of anilines is 3. The zero-order valence-electron chi connectivity index (χ0n) is 11.0. The number of nitrogens with two attached hydrogens (primary N) is 1. The molecule has 1 amide bonds. The molecule has 0 saturated heterocycles. The zero-order chi connectivity index (χ0) is 13.7. The summed E-state index contributed by atoms with van der Waals surface area (Å²) in [5.41, 5.74) is 8.12. The van der Waals surface area contributed by atoms with Crippen LogP contribution in [0.3, 0.4) is 0 Å². The van der Waals surface area contributed by atoms with Crippen LogP contribution in [-0.2, 0) is 4.79 Å². The molecule has 2 N–H and O–H groups in total. The Morgan fingerprint density at radius 1 is 1.00 bits per heavy atom. The molecule has 0 spiro atoms. The average molecular weight is 254 g/mol. The highest BCUT2D eigenvalue weighted by molar-refractivity contribution is 6.00. The van der Waals surface area contributed by atoms with Crippen LogP contribution in [0.25, 0.3) is 0 Å². The predicted molar refractivity (Wildman–Crippen MR) is 79.4 cm³/mol. The van der Waals surface area contributed by atoms with Crippen molar-refractivity contribution in [2.45, 2.75) is 19.8 Å². The summed E-state index contributed by atoms with van der Waals surface area (Å²) in [6, 6.07) is 17.0. The van der Waals surface area contributed by atoms with Crippen LogP contribution < -0.4 is 10.6 Å². The summed E-state index contributed by atoms with van der Waals surface area (Å²) in [4.78, 5) is 14.1. The Morgan fingerprint density at radius 3 is 2.16 bits per heavy atom. The molecule has 0 fully saturated rings. The third kappa shape index (κ3) is 3.13. The van der Waals surface area contributed by atoms with Gasteiger partial charge in [-0.3, -0.25) is 9.69 Å². The second-order valence-corrected chi connectivity index (χ2v) is 4.41. The number of hydrogen-bond acceptors (Lipinski definition) is 2. The van der Waals surface area contributed by atoms with Crippen molar-refractivity contribution in [3.05, 3.63) is 54.6 Å². The maximum Gasteiger partial charge on any atom is 0.231 e. The lowest BCUT2D eigenvalue weighted by atomic mass is 10.2. The molecule has 0 atom stereocenters. The van der Waals surface area contributed by atoms with Crippen LogP contribution in [-0.4, -0.2) is 5.91 Å². The molecule has 0 aliphatic rings. The Labute approximate surface area is 113 Å². The van der Waals surface area contributed by atoms with E-state index in [1.165, 1.54) is 0 Å². The molecule has 0 saturated carbocycles. The van der Waals surface area contributed by atoms with Gasteiger partial charge in [-0.25, -0.2) is 0 Å². The van der Waals surface area contributed by atoms with Crippen molar-refractivity contribution < 1.29 is 4.79 Å². The van der Waals surface area contributed by atoms with Crippen molar-refractivity contribution in [3.8, 4) is 0 Å². The van der Waals surface area contributed by atoms with Gasteiger partial charge >= 0.3 is 0 Å². The lowest BCUT2D eigenvalue weighted by Gasteiger charge is -2.23. The van der Waals surface area contributed by atoms with Crippen molar-refractivity contribution in [1.29, 1.82) is 0 Å². The fourth-order valence-electron chi connectivity index (χ4n) is 1.96. The molecule has 2 aromatic carbocycles. The third-order valence-electron chi connectivity index (χ3n) is 2.88. The highest BCUT2D eigenvalue weighted by Gasteiger charge is 2.16. The first-order valence-electron chi connectivity index (χ1n) is 6.46. The first-order valence-corrected chi connectivity index (χ1v) is 6.46. The van der Waals surface area contributed by atoms with E-state index in [1.54, 1.807) is 4.90 Å². The Bertz CT molecular complexity index is 534. The molecule has 98 valence electrons. The maximum absolute atomic E-state index is 12.3. The van der Waals surface area contributed by atoms with Gasteiger partial charge in [-0.2, -0.15) is 0 Å². The normalized spacial score (nSPS) is 10.2. The molecule has 0 aliphatic heterocycles. The smallest absolute Gasteiger partial charge is 0.231 e. The van der Waals surface area contributed by atoms with Gasteiger partial charge in [-0.15, -0.1) is 0 Å². The minimum atomic E-state index is 0.0958. The summed E-state index contributed by atoms with van der Waals surface area (Å²) in [5.74, 6) is 0.0958. The van der Waals surface area contributed by atoms with Gasteiger partial charge in [0, 0.05) is 23.5 Å². The number of benzene rings is 2. The van der Waals surface area contributed by atoms with Crippen LogP contribution in [0.2, 0.25) is 0 Å². The number of amides is 1. The lowest BCUT2D eigenvalue weighted by Crippen LogP contribution is -2.25. The van der Waals surface area contributed by atoms with Gasteiger partial charge in [0.2, 0.25) is 5.91 Å². The monoisotopic (exact) mass is 254 g/mol. The SMILES string of the molecule is CCCC(=O)N(c1ccccc1)c1ccc(N)cc1. The predicted octanol–water partition coefficient (Wildman–Crippen LogP) is 3.73. The van der Waals surface area contributed by atoms with E-state index in [1.807, 2.05) is 61.5 Å². The zero-order valence-corrected chi connectivity index (χ0v) is 11.0. The number of carbonyl (C=O) groups is 1. The van der Waals surface area contributed by atoms with Gasteiger partial charge in [-0.1, -0.05) is 25.1 Å². The summed E-state index contributed by atoms with van der Waals surface area (Å²) in [7, 11) is 0. The molecule has 0 heterocycles. The van der Waals surface area contributed by atoms with Gasteiger partial charge in [0.15, 0.2) is 0 Å². The van der Waals surface area contributed by atoms with Gasteiger partial charge in [0.25, 0.3) is 0 Å². The molecule has 2 rings (SSSR count). The number of rotatable bonds is 4. The molecule has 0 aliphatic carbocycles. The fourth-order valence-corrected chi connectivity index (χ4v) is 1.96. The Morgan fingerprint density at radius 2 is 1.58 bits per heavy atom. The Balaban J connectivity index is 2.40. The molecule has 19 heavy (non-hydrogen) atoms. The molecule has 3 nitrogen and oxygen atoms in total. The van der Waals surface area contributed by atoms with E-state index in [2.05, 4.69) is 0 Å². The molecule has 3 heteroatoms. The van der Waals surface area contributed by atoms with E-state index in [9.17, 15) is 4.79 Å². The van der Waals surface area contributed by atoms with Crippen molar-refractivity contribution in [1.82, 2.24) is 0 Å². The van der Waals surface area contributed by atoms with Crippen LogP contribution in [0, 0.1) is 0 Å². The van der Waals surface area contributed by atoms with E-state index in [0.717, 1.165) is 17.8 Å². The van der Waals surface area contributed by atoms with Gasteiger partial charge in [0.1, 0.15) is 0 Å². The summed E-state index contributed by atoms with van der Waals surface area (Å²) < 4.78 is 0. The Kier molecular flexibility index (Phi) is 4.18. The minimum Gasteiger partial charge on any atom is -0.399 e. The van der Waals surface area contributed by atoms with Gasteiger partial charge in [0.05, 0.1) is 0 Å². The molecule has 0 radical (unpaired) electrons. The molecule has 0 aromatic heterocycles. The number of carbonyl (C=O) groups excluding carboxylic acids is 1. The van der Waals surface area contributed by atoms with E-state index in [0.29, 0.717) is 12.1 Å². The molecular weight excluding hydrogens is 236 g/mol. The van der Waals surface area contributed by atoms with E-state index < -0.39 is 0 Å². The number of hydrogen-bond donors (Lipinski definition) is 1. The number of nitrogens with zero attached hydrogens (tertiary/aromatic N) is 1. The van der Waals surface area contributed by atoms with E-state index in [4.69, 9.17) is 5.73 Å². The molecule has 0 bridgehead atoms. The second kappa shape index (κ2) is 6.05. The first-order chi connectivity index (χ1) is 9.22. The highest BCUT2D eigenvalue weighted by Crippen LogP contribution is 2.27. The van der Waals surface area contributed by atoms with Crippen molar-refractivity contribution in [2.75, 3.05) is 10.6 Å². The third-order valence-corrected chi connectivity index (χ3v) is 2.88. The fraction of sp³-hybridized carbons (Fsp3) is 0.188. The summed E-state index contributed by atoms with van der Waals surface area (Å²) >= 11 is 0. The largest absolute Gasteiger partial charge is 0.399 e. The number of nitrogen functional groups attached to an aromatic ring is 1. The molecule has 0 unspecified atom stereocenters. The standard InChI is InChI=1S/C16H18N2O/c1-2-6-16(19)18(14-7-4-3-5-8-14)15-11-9-13(17)10-12-15/h3-5,7-12H,2,6,17H2,1H3. The molecule has 2 aromatic rings. The van der Waals surface area contributed by atoms with E-state index >= 15 is 0 Å². The quantitative estimate of drug-likeness (QED) is 0.845. The molecular formula is C16H18N2O. The van der Waals surface area contributed by atoms with Crippen LogP contribution in [0.15, 0.2) is 54.6 Å². The second-order valence-electron chi connectivity index (χ2n) is 4.41. The lowest BCUT2D eigenvalue weighted by molar-refractivity contribution is -0.117. The topological polar surface area (TPSA) is 46.3 Å². The van der Waals surface area contributed by atoms with Crippen LogP contribution in [0.4, 0.5) is 17.1 Å². The Hall–Kier alpha value is -2.29. The van der Waals surface area contributed by atoms with Gasteiger partial charge < -0.3 is 5.73 Å². The van der Waals surface area contributed by atoms with Gasteiger partial charge in [-0.05, 0) is 42.8 Å². The van der Waals surface area contributed by atoms with Crippen molar-refractivity contribution in [2.24, 2.45) is 0 Å². The minimum absolute atomic E-state index is 0.0958.